The fourth-order valence-corrected chi connectivity index (χ4v) is 3.06. The molecule has 0 aromatic carbocycles. The SMILES string of the molecule is CCCC(CC)CC(CC)C(C)CC(C)C. The summed E-state index contributed by atoms with van der Waals surface area (Å²) in [5.74, 6) is 3.70. The van der Waals surface area contributed by atoms with Crippen LogP contribution in [-0.4, -0.2) is 0 Å². The van der Waals surface area contributed by atoms with E-state index in [1.54, 1.807) is 0 Å². The summed E-state index contributed by atoms with van der Waals surface area (Å²) >= 11 is 0. The normalized spacial score (nSPS) is 17.4. The Labute approximate surface area is 104 Å². The minimum atomic E-state index is 0.857. The van der Waals surface area contributed by atoms with Gasteiger partial charge in [-0.2, -0.15) is 0 Å². The van der Waals surface area contributed by atoms with Gasteiger partial charge in [0.2, 0.25) is 0 Å². The number of rotatable bonds is 9. The molecule has 0 aliphatic carbocycles. The maximum Gasteiger partial charge on any atom is -0.0388 e. The van der Waals surface area contributed by atoms with Crippen molar-refractivity contribution < 1.29 is 0 Å². The Morgan fingerprint density at radius 2 is 1.44 bits per heavy atom. The molecule has 0 bridgehead atoms. The maximum absolute atomic E-state index is 2.47. The maximum atomic E-state index is 2.47. The quantitative estimate of drug-likeness (QED) is 0.458. The zero-order chi connectivity index (χ0) is 12.6. The van der Waals surface area contributed by atoms with Gasteiger partial charge in [-0.25, -0.2) is 0 Å². The highest BCUT2D eigenvalue weighted by molar-refractivity contribution is 4.71. The molecule has 0 aromatic rings. The lowest BCUT2D eigenvalue weighted by Crippen LogP contribution is -2.17. The van der Waals surface area contributed by atoms with Crippen LogP contribution in [0.2, 0.25) is 0 Å². The summed E-state index contributed by atoms with van der Waals surface area (Å²) in [5.41, 5.74) is 0. The van der Waals surface area contributed by atoms with E-state index in [0.29, 0.717) is 0 Å². The van der Waals surface area contributed by atoms with Gasteiger partial charge in [0.25, 0.3) is 0 Å². The van der Waals surface area contributed by atoms with Crippen LogP contribution in [-0.2, 0) is 0 Å². The molecule has 0 fully saturated rings. The molecule has 0 nitrogen and oxygen atoms in total. The molecule has 0 heterocycles. The third-order valence-corrected chi connectivity index (χ3v) is 4.08. The van der Waals surface area contributed by atoms with Crippen molar-refractivity contribution in [3.8, 4) is 0 Å². The van der Waals surface area contributed by atoms with Crippen LogP contribution in [0.3, 0.4) is 0 Å². The summed E-state index contributed by atoms with van der Waals surface area (Å²) in [4.78, 5) is 0. The summed E-state index contributed by atoms with van der Waals surface area (Å²) in [5, 5.41) is 0. The highest BCUT2D eigenvalue weighted by atomic mass is 14.3. The summed E-state index contributed by atoms with van der Waals surface area (Å²) in [7, 11) is 0. The molecule has 0 radical (unpaired) electrons. The first kappa shape index (κ1) is 16.0. The molecule has 16 heavy (non-hydrogen) atoms. The van der Waals surface area contributed by atoms with Crippen LogP contribution < -0.4 is 0 Å². The van der Waals surface area contributed by atoms with E-state index in [4.69, 9.17) is 0 Å². The number of hydrogen-bond donors (Lipinski definition) is 0. The summed E-state index contributed by atoms with van der Waals surface area (Å²) in [6, 6.07) is 0. The molecule has 0 amide bonds. The topological polar surface area (TPSA) is 0 Å². The first-order chi connectivity index (χ1) is 7.54. The van der Waals surface area contributed by atoms with Crippen LogP contribution >= 0.6 is 0 Å². The van der Waals surface area contributed by atoms with E-state index in [1.807, 2.05) is 0 Å². The Balaban J connectivity index is 4.14. The van der Waals surface area contributed by atoms with Crippen molar-refractivity contribution in [2.24, 2.45) is 23.7 Å². The largest absolute Gasteiger partial charge is 0.0654 e. The van der Waals surface area contributed by atoms with Crippen LogP contribution in [0.4, 0.5) is 0 Å². The van der Waals surface area contributed by atoms with Crippen LogP contribution in [0.25, 0.3) is 0 Å². The van der Waals surface area contributed by atoms with E-state index in [9.17, 15) is 0 Å². The minimum absolute atomic E-state index is 0.857. The second-order valence-corrected chi connectivity index (χ2v) is 6.07. The van der Waals surface area contributed by atoms with Gasteiger partial charge in [0.1, 0.15) is 0 Å². The summed E-state index contributed by atoms with van der Waals surface area (Å²) in [6.45, 7) is 14.2. The fraction of sp³-hybridized carbons (Fsp3) is 1.00. The summed E-state index contributed by atoms with van der Waals surface area (Å²) in [6.07, 6.45) is 8.40. The van der Waals surface area contributed by atoms with Gasteiger partial charge in [-0.3, -0.25) is 0 Å². The van der Waals surface area contributed by atoms with Crippen molar-refractivity contribution in [2.45, 2.75) is 80.1 Å². The predicted molar refractivity (Wildman–Crippen MR) is 75.7 cm³/mol. The van der Waals surface area contributed by atoms with Crippen LogP contribution in [0, 0.1) is 23.7 Å². The van der Waals surface area contributed by atoms with Crippen molar-refractivity contribution in [1.29, 1.82) is 0 Å². The van der Waals surface area contributed by atoms with Gasteiger partial charge >= 0.3 is 0 Å². The van der Waals surface area contributed by atoms with Crippen molar-refractivity contribution in [2.75, 3.05) is 0 Å². The zero-order valence-electron chi connectivity index (χ0n) is 12.6. The second kappa shape index (κ2) is 9.07. The molecule has 0 rings (SSSR count). The predicted octanol–water partition coefficient (Wildman–Crippen LogP) is 5.91. The van der Waals surface area contributed by atoms with Crippen LogP contribution in [0.15, 0.2) is 0 Å². The van der Waals surface area contributed by atoms with E-state index in [0.717, 1.165) is 23.7 Å². The molecule has 0 heteroatoms. The smallest absolute Gasteiger partial charge is 0.0388 e. The van der Waals surface area contributed by atoms with E-state index >= 15 is 0 Å². The van der Waals surface area contributed by atoms with Crippen molar-refractivity contribution in [3.63, 3.8) is 0 Å². The molecule has 0 aliphatic heterocycles. The molecular weight excluding hydrogens is 192 g/mol. The highest BCUT2D eigenvalue weighted by Crippen LogP contribution is 2.31. The van der Waals surface area contributed by atoms with Gasteiger partial charge in [-0.05, 0) is 36.5 Å². The molecule has 3 atom stereocenters. The Kier molecular flexibility index (Phi) is 9.07. The van der Waals surface area contributed by atoms with Crippen LogP contribution in [0.5, 0.6) is 0 Å². The minimum Gasteiger partial charge on any atom is -0.0654 e. The lowest BCUT2D eigenvalue weighted by molar-refractivity contribution is 0.233. The molecule has 0 saturated carbocycles. The molecule has 0 aromatic heterocycles. The standard InChI is InChI=1S/C16H34/c1-7-10-15(8-2)12-16(9-3)14(6)11-13(4)5/h13-16H,7-12H2,1-6H3. The van der Waals surface area contributed by atoms with Crippen molar-refractivity contribution in [1.82, 2.24) is 0 Å². The lowest BCUT2D eigenvalue weighted by atomic mass is 9.78. The Bertz CT molecular complexity index is 148. The molecule has 0 N–H and O–H groups in total. The third-order valence-electron chi connectivity index (χ3n) is 4.08. The molecule has 0 spiro atoms. The monoisotopic (exact) mass is 226 g/mol. The van der Waals surface area contributed by atoms with Gasteiger partial charge in [-0.15, -0.1) is 0 Å². The molecule has 98 valence electrons. The average molecular weight is 226 g/mol. The summed E-state index contributed by atoms with van der Waals surface area (Å²) < 4.78 is 0. The van der Waals surface area contributed by atoms with E-state index < -0.39 is 0 Å². The van der Waals surface area contributed by atoms with Crippen molar-refractivity contribution in [3.05, 3.63) is 0 Å². The fourth-order valence-electron chi connectivity index (χ4n) is 3.06. The van der Waals surface area contributed by atoms with E-state index in [2.05, 4.69) is 41.5 Å². The second-order valence-electron chi connectivity index (χ2n) is 6.07. The third kappa shape index (κ3) is 6.55. The van der Waals surface area contributed by atoms with Crippen LogP contribution in [0.1, 0.15) is 80.1 Å². The Hall–Kier alpha value is 0. The average Bonchev–Trinajstić information content (AvgIpc) is 2.22. The van der Waals surface area contributed by atoms with Gasteiger partial charge in [0.05, 0.1) is 0 Å². The van der Waals surface area contributed by atoms with Crippen molar-refractivity contribution >= 4 is 0 Å². The number of hydrogen-bond acceptors (Lipinski definition) is 0. The molecule has 0 aliphatic rings. The first-order valence-corrected chi connectivity index (χ1v) is 7.54. The molecule has 0 saturated heterocycles. The van der Waals surface area contributed by atoms with E-state index in [-0.39, 0.29) is 0 Å². The first-order valence-electron chi connectivity index (χ1n) is 7.54. The molecular formula is C16H34. The van der Waals surface area contributed by atoms with E-state index in [1.165, 1.54) is 38.5 Å². The Morgan fingerprint density at radius 1 is 0.812 bits per heavy atom. The molecule has 3 unspecified atom stereocenters. The van der Waals surface area contributed by atoms with Gasteiger partial charge < -0.3 is 0 Å². The zero-order valence-corrected chi connectivity index (χ0v) is 12.6. The van der Waals surface area contributed by atoms with Gasteiger partial charge in [-0.1, -0.05) is 67.2 Å². The highest BCUT2D eigenvalue weighted by Gasteiger charge is 2.19. The van der Waals surface area contributed by atoms with Gasteiger partial charge in [0, 0.05) is 0 Å². The lowest BCUT2D eigenvalue weighted by Gasteiger charge is -2.28. The van der Waals surface area contributed by atoms with Gasteiger partial charge in [0.15, 0.2) is 0 Å². The Morgan fingerprint density at radius 3 is 1.81 bits per heavy atom.